The summed E-state index contributed by atoms with van der Waals surface area (Å²) >= 11 is 0. The van der Waals surface area contributed by atoms with Gasteiger partial charge in [-0.25, -0.2) is 0 Å². The van der Waals surface area contributed by atoms with Crippen molar-refractivity contribution >= 4 is 12.4 Å². The third-order valence-corrected chi connectivity index (χ3v) is 2.24. The molecule has 1 rings (SSSR count). The van der Waals surface area contributed by atoms with E-state index >= 15 is 0 Å². The van der Waals surface area contributed by atoms with Gasteiger partial charge in [-0.15, -0.1) is 12.4 Å². The molecule has 62 valence electrons. The zero-order valence-electron chi connectivity index (χ0n) is 6.89. The van der Waals surface area contributed by atoms with Crippen LogP contribution in [-0.4, -0.2) is 6.04 Å². The Kier molecular flexibility index (Phi) is 3.68. The van der Waals surface area contributed by atoms with Crippen molar-refractivity contribution in [3.05, 3.63) is 0 Å². The highest BCUT2D eigenvalue weighted by molar-refractivity contribution is 5.85. The lowest BCUT2D eigenvalue weighted by Crippen LogP contribution is -2.32. The van der Waals surface area contributed by atoms with Gasteiger partial charge in [0.15, 0.2) is 0 Å². The summed E-state index contributed by atoms with van der Waals surface area (Å²) in [6, 6.07) is 0.480. The molecule has 1 unspecified atom stereocenters. The molecule has 0 aromatic heterocycles. The molecule has 0 aromatic carbocycles. The predicted molar refractivity (Wildman–Crippen MR) is 47.5 cm³/mol. The summed E-state index contributed by atoms with van der Waals surface area (Å²) in [6.45, 7) is 4.62. The third-order valence-electron chi connectivity index (χ3n) is 2.24. The molecule has 0 heterocycles. The van der Waals surface area contributed by atoms with Gasteiger partial charge in [-0.3, -0.25) is 0 Å². The average Bonchev–Trinajstić information content (AvgIpc) is 1.60. The van der Waals surface area contributed by atoms with E-state index in [0.717, 1.165) is 0 Å². The molecule has 1 aliphatic carbocycles. The molecule has 0 spiro atoms. The first-order valence-corrected chi connectivity index (χ1v) is 3.86. The fraction of sp³-hybridized carbons (Fsp3) is 1.00. The Morgan fingerprint density at radius 1 is 1.40 bits per heavy atom. The second kappa shape index (κ2) is 3.59. The van der Waals surface area contributed by atoms with Crippen molar-refractivity contribution in [3.8, 4) is 0 Å². The Hall–Kier alpha value is 0.250. The molecule has 0 amide bonds. The number of halogens is 1. The van der Waals surface area contributed by atoms with Gasteiger partial charge in [-0.2, -0.15) is 0 Å². The molecule has 2 heteroatoms. The summed E-state index contributed by atoms with van der Waals surface area (Å²) in [4.78, 5) is 0. The lowest BCUT2D eigenvalue weighted by atomic mass is 9.75. The fourth-order valence-electron chi connectivity index (χ4n) is 1.76. The molecule has 0 bridgehead atoms. The van der Waals surface area contributed by atoms with Crippen LogP contribution in [-0.2, 0) is 0 Å². The van der Waals surface area contributed by atoms with Gasteiger partial charge in [0.1, 0.15) is 0 Å². The normalized spacial score (nSPS) is 30.9. The van der Waals surface area contributed by atoms with Crippen LogP contribution in [0.1, 0.15) is 39.5 Å². The molecule has 0 radical (unpaired) electrons. The Balaban J connectivity index is 0.000000810. The van der Waals surface area contributed by atoms with E-state index in [4.69, 9.17) is 5.73 Å². The first-order chi connectivity index (χ1) is 4.10. The van der Waals surface area contributed by atoms with Crippen molar-refractivity contribution < 1.29 is 0 Å². The predicted octanol–water partition coefficient (Wildman–Crippen LogP) is 2.34. The highest BCUT2D eigenvalue weighted by atomic mass is 35.5. The highest BCUT2D eigenvalue weighted by Crippen LogP contribution is 2.33. The molecular weight excluding hydrogens is 146 g/mol. The van der Waals surface area contributed by atoms with Crippen LogP contribution in [0.25, 0.3) is 0 Å². The quantitative estimate of drug-likeness (QED) is 0.583. The van der Waals surface area contributed by atoms with Gasteiger partial charge in [0.25, 0.3) is 0 Å². The molecule has 1 atom stereocenters. The van der Waals surface area contributed by atoms with Crippen molar-refractivity contribution in [2.75, 3.05) is 0 Å². The van der Waals surface area contributed by atoms with Gasteiger partial charge >= 0.3 is 0 Å². The van der Waals surface area contributed by atoms with Crippen molar-refractivity contribution in [2.45, 2.75) is 45.6 Å². The minimum absolute atomic E-state index is 0. The molecule has 1 aliphatic rings. The van der Waals surface area contributed by atoms with Crippen LogP contribution in [0.2, 0.25) is 0 Å². The molecule has 1 nitrogen and oxygen atoms in total. The van der Waals surface area contributed by atoms with E-state index < -0.39 is 0 Å². The van der Waals surface area contributed by atoms with E-state index in [1.54, 1.807) is 0 Å². The van der Waals surface area contributed by atoms with Crippen LogP contribution < -0.4 is 5.73 Å². The second-order valence-corrected chi connectivity index (χ2v) is 4.02. The van der Waals surface area contributed by atoms with Gasteiger partial charge < -0.3 is 5.73 Å². The number of hydrogen-bond acceptors (Lipinski definition) is 1. The molecule has 1 fully saturated rings. The smallest absolute Gasteiger partial charge is 0.00439 e. The summed E-state index contributed by atoms with van der Waals surface area (Å²) < 4.78 is 0. The van der Waals surface area contributed by atoms with Gasteiger partial charge in [0.05, 0.1) is 0 Å². The van der Waals surface area contributed by atoms with Crippen molar-refractivity contribution in [3.63, 3.8) is 0 Å². The molecule has 0 aliphatic heterocycles. The highest BCUT2D eigenvalue weighted by Gasteiger charge is 2.25. The Morgan fingerprint density at radius 3 is 2.30 bits per heavy atom. The third kappa shape index (κ3) is 2.89. The van der Waals surface area contributed by atoms with Gasteiger partial charge in [0, 0.05) is 6.04 Å². The van der Waals surface area contributed by atoms with Crippen molar-refractivity contribution in [1.29, 1.82) is 0 Å². The van der Waals surface area contributed by atoms with Gasteiger partial charge in [0.2, 0.25) is 0 Å². The number of nitrogens with two attached hydrogens (primary N) is 1. The van der Waals surface area contributed by atoms with E-state index in [1.165, 1.54) is 25.7 Å². The first-order valence-electron chi connectivity index (χ1n) is 3.86. The van der Waals surface area contributed by atoms with Gasteiger partial charge in [-0.05, 0) is 24.7 Å². The van der Waals surface area contributed by atoms with Crippen LogP contribution in [0.3, 0.4) is 0 Å². The molecular formula is C8H18ClN. The average molecular weight is 164 g/mol. The van der Waals surface area contributed by atoms with E-state index in [-0.39, 0.29) is 12.4 Å². The van der Waals surface area contributed by atoms with Crippen molar-refractivity contribution in [2.24, 2.45) is 11.1 Å². The lowest BCUT2D eigenvalue weighted by Gasteiger charge is -2.33. The fourth-order valence-corrected chi connectivity index (χ4v) is 1.76. The number of hydrogen-bond donors (Lipinski definition) is 1. The summed E-state index contributed by atoms with van der Waals surface area (Å²) in [6.07, 6.45) is 5.14. The zero-order chi connectivity index (χ0) is 6.91. The summed E-state index contributed by atoms with van der Waals surface area (Å²) in [5.41, 5.74) is 6.34. The summed E-state index contributed by atoms with van der Waals surface area (Å²) in [7, 11) is 0. The van der Waals surface area contributed by atoms with E-state index in [2.05, 4.69) is 13.8 Å². The molecule has 2 N–H and O–H groups in total. The molecule has 1 saturated carbocycles. The standard InChI is InChI=1S/C8H17N.ClH/c1-8(2)5-3-4-7(9)6-8;/h7H,3-6,9H2,1-2H3;1H. The van der Waals surface area contributed by atoms with Crippen molar-refractivity contribution in [1.82, 2.24) is 0 Å². The Labute approximate surface area is 69.8 Å². The molecule has 0 saturated heterocycles. The van der Waals surface area contributed by atoms with Crippen LogP contribution >= 0.6 is 12.4 Å². The first kappa shape index (κ1) is 10.2. The maximum Gasteiger partial charge on any atom is 0.00439 e. The summed E-state index contributed by atoms with van der Waals surface area (Å²) in [5, 5.41) is 0. The van der Waals surface area contributed by atoms with E-state index in [1.807, 2.05) is 0 Å². The minimum Gasteiger partial charge on any atom is -0.328 e. The van der Waals surface area contributed by atoms with Gasteiger partial charge in [-0.1, -0.05) is 20.3 Å². The van der Waals surface area contributed by atoms with Crippen LogP contribution in [0.15, 0.2) is 0 Å². The van der Waals surface area contributed by atoms with E-state index in [9.17, 15) is 0 Å². The zero-order valence-corrected chi connectivity index (χ0v) is 7.71. The monoisotopic (exact) mass is 163 g/mol. The second-order valence-electron chi connectivity index (χ2n) is 4.02. The minimum atomic E-state index is 0. The lowest BCUT2D eigenvalue weighted by molar-refractivity contribution is 0.221. The number of rotatable bonds is 0. The summed E-state index contributed by atoms with van der Waals surface area (Å²) in [5.74, 6) is 0. The maximum absolute atomic E-state index is 5.81. The van der Waals surface area contributed by atoms with Crippen LogP contribution in [0.5, 0.6) is 0 Å². The SMILES string of the molecule is CC1(C)CCCC(N)C1.Cl. The van der Waals surface area contributed by atoms with E-state index in [0.29, 0.717) is 11.5 Å². The Morgan fingerprint density at radius 2 is 2.00 bits per heavy atom. The largest absolute Gasteiger partial charge is 0.328 e. The molecule has 10 heavy (non-hydrogen) atoms. The Bertz CT molecular complexity index is 101. The maximum atomic E-state index is 5.81. The topological polar surface area (TPSA) is 26.0 Å². The van der Waals surface area contributed by atoms with Crippen LogP contribution in [0.4, 0.5) is 0 Å². The van der Waals surface area contributed by atoms with Crippen LogP contribution in [0, 0.1) is 5.41 Å². The molecule has 0 aromatic rings.